The third-order valence-electron chi connectivity index (χ3n) is 2.24. The molecule has 18 heavy (non-hydrogen) atoms. The number of hydrogen-bond donors (Lipinski definition) is 2. The first-order valence-corrected chi connectivity index (χ1v) is 5.81. The third kappa shape index (κ3) is 2.65. The van der Waals surface area contributed by atoms with E-state index in [1.165, 1.54) is 30.5 Å². The Labute approximate surface area is 110 Å². The standard InChI is InChI=1S/C12H8BrFN2O2/c13-7-3-4-10(9(14)6-7)16-12(18)8-2-1-5-15-11(8)17/h1-6H,(H,15,17)(H,16,18). The number of pyridine rings is 1. The molecule has 1 aromatic heterocycles. The molecule has 1 amide bonds. The second-order valence-corrected chi connectivity index (χ2v) is 4.41. The number of carbonyl (C=O) groups is 1. The lowest BCUT2D eigenvalue weighted by Crippen LogP contribution is -2.22. The van der Waals surface area contributed by atoms with Crippen LogP contribution >= 0.6 is 15.9 Å². The maximum Gasteiger partial charge on any atom is 0.261 e. The van der Waals surface area contributed by atoms with E-state index in [4.69, 9.17) is 0 Å². The third-order valence-corrected chi connectivity index (χ3v) is 2.74. The summed E-state index contributed by atoms with van der Waals surface area (Å²) in [5, 5.41) is 2.34. The molecule has 0 radical (unpaired) electrons. The van der Waals surface area contributed by atoms with E-state index in [0.717, 1.165) is 0 Å². The van der Waals surface area contributed by atoms with Crippen LogP contribution in [0, 0.1) is 5.82 Å². The Morgan fingerprint density at radius 1 is 1.33 bits per heavy atom. The molecule has 92 valence electrons. The summed E-state index contributed by atoms with van der Waals surface area (Å²) in [4.78, 5) is 25.5. The molecule has 6 heteroatoms. The molecule has 0 aliphatic heterocycles. The fourth-order valence-corrected chi connectivity index (χ4v) is 1.71. The minimum atomic E-state index is -0.655. The zero-order valence-corrected chi connectivity index (χ0v) is 10.6. The predicted octanol–water partition coefficient (Wildman–Crippen LogP) is 2.53. The topological polar surface area (TPSA) is 62.0 Å². The first kappa shape index (κ1) is 12.5. The number of benzene rings is 1. The van der Waals surface area contributed by atoms with Crippen LogP contribution in [0.3, 0.4) is 0 Å². The number of hydrogen-bond acceptors (Lipinski definition) is 2. The van der Waals surface area contributed by atoms with Gasteiger partial charge in [-0.05, 0) is 30.3 Å². The monoisotopic (exact) mass is 310 g/mol. The molecule has 0 saturated carbocycles. The number of halogens is 2. The molecule has 0 spiro atoms. The highest BCUT2D eigenvalue weighted by Crippen LogP contribution is 2.19. The quantitative estimate of drug-likeness (QED) is 0.895. The first-order chi connectivity index (χ1) is 8.58. The highest BCUT2D eigenvalue weighted by Gasteiger charge is 2.12. The average molecular weight is 311 g/mol. The van der Waals surface area contributed by atoms with E-state index in [0.29, 0.717) is 4.47 Å². The molecule has 0 atom stereocenters. The van der Waals surface area contributed by atoms with Crippen molar-refractivity contribution in [3.63, 3.8) is 0 Å². The van der Waals surface area contributed by atoms with Gasteiger partial charge in [0.15, 0.2) is 0 Å². The lowest BCUT2D eigenvalue weighted by Gasteiger charge is -2.05. The summed E-state index contributed by atoms with van der Waals surface area (Å²) >= 11 is 3.11. The normalized spacial score (nSPS) is 10.1. The SMILES string of the molecule is O=C(Nc1ccc(Br)cc1F)c1ccc[nH]c1=O. The van der Waals surface area contributed by atoms with E-state index in [9.17, 15) is 14.0 Å². The van der Waals surface area contributed by atoms with E-state index >= 15 is 0 Å². The van der Waals surface area contributed by atoms with Gasteiger partial charge < -0.3 is 10.3 Å². The maximum absolute atomic E-state index is 13.5. The number of amides is 1. The summed E-state index contributed by atoms with van der Waals surface area (Å²) in [5.41, 5.74) is -0.571. The number of H-pyrrole nitrogens is 1. The van der Waals surface area contributed by atoms with Crippen molar-refractivity contribution in [2.75, 3.05) is 5.32 Å². The molecule has 2 rings (SSSR count). The molecule has 2 aromatic rings. The molecule has 4 nitrogen and oxygen atoms in total. The summed E-state index contributed by atoms with van der Waals surface area (Å²) in [6.07, 6.45) is 1.42. The lowest BCUT2D eigenvalue weighted by atomic mass is 10.2. The Hall–Kier alpha value is -1.95. The van der Waals surface area contributed by atoms with E-state index in [-0.39, 0.29) is 11.3 Å². The highest BCUT2D eigenvalue weighted by atomic mass is 79.9. The Morgan fingerprint density at radius 2 is 2.11 bits per heavy atom. The summed E-state index contributed by atoms with van der Waals surface area (Å²) in [6, 6.07) is 7.12. The Bertz CT molecular complexity index is 655. The van der Waals surface area contributed by atoms with Gasteiger partial charge in [-0.2, -0.15) is 0 Å². The zero-order chi connectivity index (χ0) is 13.1. The van der Waals surface area contributed by atoms with E-state index in [1.807, 2.05) is 0 Å². The predicted molar refractivity (Wildman–Crippen MR) is 69.1 cm³/mol. The number of anilines is 1. The van der Waals surface area contributed by atoms with Gasteiger partial charge in [0.05, 0.1) is 5.69 Å². The van der Waals surface area contributed by atoms with Crippen LogP contribution in [-0.4, -0.2) is 10.9 Å². The molecular weight excluding hydrogens is 303 g/mol. The number of aromatic nitrogens is 1. The summed E-state index contributed by atoms with van der Waals surface area (Å²) in [7, 11) is 0. The van der Waals surface area contributed by atoms with E-state index in [2.05, 4.69) is 26.2 Å². The Morgan fingerprint density at radius 3 is 2.78 bits per heavy atom. The van der Waals surface area contributed by atoms with Crippen molar-refractivity contribution in [3.8, 4) is 0 Å². The molecule has 2 N–H and O–H groups in total. The maximum atomic E-state index is 13.5. The van der Waals surface area contributed by atoms with E-state index < -0.39 is 17.3 Å². The van der Waals surface area contributed by atoms with Crippen LogP contribution in [0.15, 0.2) is 45.8 Å². The van der Waals surface area contributed by atoms with Gasteiger partial charge in [0.2, 0.25) is 0 Å². The van der Waals surface area contributed by atoms with Gasteiger partial charge in [-0.25, -0.2) is 4.39 Å². The van der Waals surface area contributed by atoms with Gasteiger partial charge in [0.25, 0.3) is 11.5 Å². The molecule has 0 fully saturated rings. The molecule has 1 heterocycles. The minimum Gasteiger partial charge on any atom is -0.328 e. The zero-order valence-electron chi connectivity index (χ0n) is 9.04. The fraction of sp³-hybridized carbons (Fsp3) is 0. The lowest BCUT2D eigenvalue weighted by molar-refractivity contribution is 0.102. The molecule has 0 bridgehead atoms. The second-order valence-electron chi connectivity index (χ2n) is 3.49. The summed E-state index contributed by atoms with van der Waals surface area (Å²) < 4.78 is 14.1. The van der Waals surface area contributed by atoms with Gasteiger partial charge >= 0.3 is 0 Å². The van der Waals surface area contributed by atoms with Crippen molar-refractivity contribution in [1.29, 1.82) is 0 Å². The summed E-state index contributed by atoms with van der Waals surface area (Å²) in [5.74, 6) is -1.23. The number of aromatic amines is 1. The largest absolute Gasteiger partial charge is 0.328 e. The van der Waals surface area contributed by atoms with Gasteiger partial charge in [-0.3, -0.25) is 9.59 Å². The first-order valence-electron chi connectivity index (χ1n) is 5.02. The van der Waals surface area contributed by atoms with Crippen LogP contribution in [-0.2, 0) is 0 Å². The highest BCUT2D eigenvalue weighted by molar-refractivity contribution is 9.10. The van der Waals surface area contributed by atoms with Crippen molar-refractivity contribution in [1.82, 2.24) is 4.98 Å². The summed E-state index contributed by atoms with van der Waals surface area (Å²) in [6.45, 7) is 0. The van der Waals surface area contributed by atoms with Crippen LogP contribution in [0.2, 0.25) is 0 Å². The van der Waals surface area contributed by atoms with Gasteiger partial charge in [-0.1, -0.05) is 15.9 Å². The Balaban J connectivity index is 2.27. The number of nitrogens with one attached hydrogen (secondary N) is 2. The van der Waals surface area contributed by atoms with Crippen molar-refractivity contribution in [3.05, 3.63) is 62.7 Å². The second kappa shape index (κ2) is 5.14. The smallest absolute Gasteiger partial charge is 0.261 e. The fourth-order valence-electron chi connectivity index (χ4n) is 1.38. The van der Waals surface area contributed by atoms with Crippen LogP contribution in [0.5, 0.6) is 0 Å². The van der Waals surface area contributed by atoms with Crippen molar-refractivity contribution >= 4 is 27.5 Å². The number of rotatable bonds is 2. The minimum absolute atomic E-state index is 0.0199. The number of carbonyl (C=O) groups excluding carboxylic acids is 1. The average Bonchev–Trinajstić information content (AvgIpc) is 2.33. The molecule has 0 saturated heterocycles. The molecule has 0 aliphatic carbocycles. The molecule has 0 unspecified atom stereocenters. The van der Waals surface area contributed by atoms with Gasteiger partial charge in [0.1, 0.15) is 11.4 Å². The van der Waals surface area contributed by atoms with Gasteiger partial charge in [0, 0.05) is 10.7 Å². The van der Waals surface area contributed by atoms with E-state index in [1.54, 1.807) is 6.07 Å². The van der Waals surface area contributed by atoms with Gasteiger partial charge in [-0.15, -0.1) is 0 Å². The van der Waals surface area contributed by atoms with Crippen LogP contribution < -0.4 is 10.9 Å². The van der Waals surface area contributed by atoms with Crippen molar-refractivity contribution < 1.29 is 9.18 Å². The molecule has 1 aromatic carbocycles. The Kier molecular flexibility index (Phi) is 3.57. The van der Waals surface area contributed by atoms with Crippen LogP contribution in [0.4, 0.5) is 10.1 Å². The van der Waals surface area contributed by atoms with Crippen LogP contribution in [0.25, 0.3) is 0 Å². The van der Waals surface area contributed by atoms with Crippen molar-refractivity contribution in [2.24, 2.45) is 0 Å². The molecular formula is C12H8BrFN2O2. The van der Waals surface area contributed by atoms with Crippen molar-refractivity contribution in [2.45, 2.75) is 0 Å². The van der Waals surface area contributed by atoms with Crippen LogP contribution in [0.1, 0.15) is 10.4 Å². The molecule has 0 aliphatic rings.